The molecule has 100 valence electrons. The van der Waals surface area contributed by atoms with Gasteiger partial charge in [0, 0.05) is 12.1 Å². The van der Waals surface area contributed by atoms with Crippen molar-refractivity contribution in [1.29, 1.82) is 0 Å². The molecular formula is C10H13IN2O4S. The van der Waals surface area contributed by atoms with Crippen molar-refractivity contribution in [2.45, 2.75) is 0 Å². The normalized spacial score (nSPS) is 11.2. The van der Waals surface area contributed by atoms with Gasteiger partial charge in [0.05, 0.1) is 9.32 Å². The molecule has 0 aliphatic heterocycles. The number of sulfonamides is 1. The van der Waals surface area contributed by atoms with Crippen molar-refractivity contribution >= 4 is 38.5 Å². The molecule has 0 aliphatic carbocycles. The maximum absolute atomic E-state index is 11.6. The highest BCUT2D eigenvalue weighted by Crippen LogP contribution is 2.20. The molecule has 3 N–H and O–H groups in total. The fourth-order valence-corrected chi connectivity index (χ4v) is 2.07. The molecule has 6 nitrogen and oxygen atoms in total. The van der Waals surface area contributed by atoms with Crippen LogP contribution < -0.4 is 10.0 Å². The van der Waals surface area contributed by atoms with Gasteiger partial charge in [0.2, 0.25) is 10.0 Å². The number of nitrogens with one attached hydrogen (secondary N) is 2. The fraction of sp³-hybridized carbons (Fsp3) is 0.300. The summed E-state index contributed by atoms with van der Waals surface area (Å²) >= 11 is 1.94. The number of rotatable bonds is 5. The van der Waals surface area contributed by atoms with E-state index in [0.29, 0.717) is 3.57 Å². The number of aromatic hydroxyl groups is 1. The molecule has 0 heterocycles. The average molecular weight is 384 g/mol. The zero-order valence-corrected chi connectivity index (χ0v) is 12.6. The molecule has 0 spiro atoms. The van der Waals surface area contributed by atoms with Crippen LogP contribution in [0.4, 0.5) is 0 Å². The summed E-state index contributed by atoms with van der Waals surface area (Å²) in [5, 5.41) is 11.9. The number of phenols is 1. The van der Waals surface area contributed by atoms with Crippen LogP contribution in [0.15, 0.2) is 18.2 Å². The Labute approximate surface area is 119 Å². The van der Waals surface area contributed by atoms with Crippen LogP contribution >= 0.6 is 22.6 Å². The van der Waals surface area contributed by atoms with E-state index in [1.807, 2.05) is 22.6 Å². The Morgan fingerprint density at radius 2 is 2.11 bits per heavy atom. The molecule has 0 bridgehead atoms. The molecule has 18 heavy (non-hydrogen) atoms. The lowest BCUT2D eigenvalue weighted by Gasteiger charge is -2.06. The second kappa shape index (κ2) is 6.34. The van der Waals surface area contributed by atoms with Crippen LogP contribution in [0.2, 0.25) is 0 Å². The van der Waals surface area contributed by atoms with Crippen LogP contribution in [0.3, 0.4) is 0 Å². The van der Waals surface area contributed by atoms with Gasteiger partial charge in [-0.25, -0.2) is 13.1 Å². The summed E-state index contributed by atoms with van der Waals surface area (Å²) in [6.07, 6.45) is 0. The first-order valence-corrected chi connectivity index (χ1v) is 7.77. The van der Waals surface area contributed by atoms with Gasteiger partial charge in [-0.3, -0.25) is 4.79 Å². The van der Waals surface area contributed by atoms with Crippen LogP contribution in [0, 0.1) is 3.57 Å². The molecule has 1 aromatic rings. The van der Waals surface area contributed by atoms with Crippen LogP contribution in [0.25, 0.3) is 0 Å². The molecule has 0 fully saturated rings. The monoisotopic (exact) mass is 384 g/mol. The number of hydrogen-bond acceptors (Lipinski definition) is 4. The predicted molar refractivity (Wildman–Crippen MR) is 76.0 cm³/mol. The summed E-state index contributed by atoms with van der Waals surface area (Å²) in [4.78, 5) is 11.6. The topological polar surface area (TPSA) is 95.5 Å². The molecule has 0 aromatic heterocycles. The Kier molecular flexibility index (Phi) is 5.35. The summed E-state index contributed by atoms with van der Waals surface area (Å²) in [5.41, 5.74) is 0.287. The van der Waals surface area contributed by atoms with E-state index in [-0.39, 0.29) is 23.6 Å². The Morgan fingerprint density at radius 1 is 1.44 bits per heavy atom. The lowest BCUT2D eigenvalue weighted by atomic mass is 10.2. The van der Waals surface area contributed by atoms with Crippen molar-refractivity contribution in [2.24, 2.45) is 0 Å². The van der Waals surface area contributed by atoms with Gasteiger partial charge in [0.25, 0.3) is 5.91 Å². The van der Waals surface area contributed by atoms with Crippen molar-refractivity contribution in [3.8, 4) is 5.75 Å². The molecule has 0 saturated heterocycles. The SMILES string of the molecule is CNS(=O)(=O)CCNC(=O)c1ccc(I)c(O)c1. The predicted octanol–water partition coefficient (Wildman–Crippen LogP) is 0.276. The van der Waals surface area contributed by atoms with Crippen molar-refractivity contribution in [3.63, 3.8) is 0 Å². The van der Waals surface area contributed by atoms with E-state index in [4.69, 9.17) is 0 Å². The van der Waals surface area contributed by atoms with Crippen molar-refractivity contribution in [3.05, 3.63) is 27.3 Å². The van der Waals surface area contributed by atoms with Gasteiger partial charge in [-0.1, -0.05) is 0 Å². The first-order chi connectivity index (χ1) is 8.35. The lowest BCUT2D eigenvalue weighted by Crippen LogP contribution is -2.32. The Morgan fingerprint density at radius 3 is 2.67 bits per heavy atom. The molecule has 0 saturated carbocycles. The third-order valence-corrected chi connectivity index (χ3v) is 4.45. The van der Waals surface area contributed by atoms with Crippen LogP contribution in [0.5, 0.6) is 5.75 Å². The number of amides is 1. The minimum atomic E-state index is -3.33. The maximum Gasteiger partial charge on any atom is 0.251 e. The number of carbonyl (C=O) groups excluding carboxylic acids is 1. The number of carbonyl (C=O) groups is 1. The molecule has 0 atom stereocenters. The van der Waals surface area contributed by atoms with Crippen LogP contribution in [-0.2, 0) is 10.0 Å². The van der Waals surface area contributed by atoms with Crippen molar-refractivity contribution in [1.82, 2.24) is 10.0 Å². The van der Waals surface area contributed by atoms with Crippen LogP contribution in [0.1, 0.15) is 10.4 Å². The van der Waals surface area contributed by atoms with Crippen molar-refractivity contribution in [2.75, 3.05) is 19.3 Å². The molecule has 0 aliphatic rings. The fourth-order valence-electron chi connectivity index (χ4n) is 1.16. The number of phenolic OH excluding ortho intramolecular Hbond substituents is 1. The second-order valence-corrected chi connectivity index (χ2v) is 6.65. The molecule has 0 unspecified atom stereocenters. The minimum Gasteiger partial charge on any atom is -0.507 e. The number of halogens is 1. The van der Waals surface area contributed by atoms with E-state index in [1.54, 1.807) is 12.1 Å². The Hall–Kier alpha value is -0.870. The third kappa shape index (κ3) is 4.42. The molecule has 1 aromatic carbocycles. The van der Waals surface area contributed by atoms with Crippen LogP contribution in [-0.4, -0.2) is 38.8 Å². The summed E-state index contributed by atoms with van der Waals surface area (Å²) in [6, 6.07) is 4.50. The molecule has 8 heteroatoms. The molecule has 1 rings (SSSR count). The van der Waals surface area contributed by atoms with Gasteiger partial charge in [-0.2, -0.15) is 0 Å². The summed E-state index contributed by atoms with van der Waals surface area (Å²) in [7, 11) is -2.01. The van der Waals surface area contributed by atoms with E-state index in [2.05, 4.69) is 10.0 Å². The van der Waals surface area contributed by atoms with Gasteiger partial charge >= 0.3 is 0 Å². The van der Waals surface area contributed by atoms with Gasteiger partial charge < -0.3 is 10.4 Å². The Balaban J connectivity index is 2.58. The lowest BCUT2D eigenvalue weighted by molar-refractivity contribution is 0.0955. The van der Waals surface area contributed by atoms with E-state index in [9.17, 15) is 18.3 Å². The third-order valence-electron chi connectivity index (χ3n) is 2.18. The highest BCUT2D eigenvalue weighted by atomic mass is 127. The van der Waals surface area contributed by atoms with E-state index >= 15 is 0 Å². The zero-order valence-electron chi connectivity index (χ0n) is 9.60. The summed E-state index contributed by atoms with van der Waals surface area (Å²) < 4.78 is 25.0. The van der Waals surface area contributed by atoms with E-state index in [1.165, 1.54) is 13.1 Å². The van der Waals surface area contributed by atoms with Crippen molar-refractivity contribution < 1.29 is 18.3 Å². The Bertz CT molecular complexity index is 545. The maximum atomic E-state index is 11.6. The van der Waals surface area contributed by atoms with Gasteiger partial charge in [0.1, 0.15) is 5.75 Å². The largest absolute Gasteiger partial charge is 0.507 e. The first kappa shape index (κ1) is 15.2. The van der Waals surface area contributed by atoms with E-state index < -0.39 is 15.9 Å². The smallest absolute Gasteiger partial charge is 0.251 e. The second-order valence-electron chi connectivity index (χ2n) is 3.45. The average Bonchev–Trinajstić information content (AvgIpc) is 2.32. The first-order valence-electron chi connectivity index (χ1n) is 5.03. The molecule has 1 amide bonds. The highest BCUT2D eigenvalue weighted by molar-refractivity contribution is 14.1. The van der Waals surface area contributed by atoms with Gasteiger partial charge in [-0.05, 0) is 47.8 Å². The number of benzene rings is 1. The summed E-state index contributed by atoms with van der Waals surface area (Å²) in [5.74, 6) is -0.593. The summed E-state index contributed by atoms with van der Waals surface area (Å²) in [6.45, 7) is 0.00869. The van der Waals surface area contributed by atoms with Gasteiger partial charge in [0.15, 0.2) is 0 Å². The molecular weight excluding hydrogens is 371 g/mol. The quantitative estimate of drug-likeness (QED) is 0.636. The van der Waals surface area contributed by atoms with E-state index in [0.717, 1.165) is 0 Å². The zero-order chi connectivity index (χ0) is 13.8. The standard InChI is InChI=1S/C10H13IN2O4S/c1-12-18(16,17)5-4-13-10(15)7-2-3-8(11)9(14)6-7/h2-3,6,12,14H,4-5H2,1H3,(H,13,15). The molecule has 0 radical (unpaired) electrons. The van der Waals surface area contributed by atoms with Gasteiger partial charge in [-0.15, -0.1) is 0 Å². The highest BCUT2D eigenvalue weighted by Gasteiger charge is 2.10. The minimum absolute atomic E-state index is 0.00869. The number of hydrogen-bond donors (Lipinski definition) is 3.